The molecule has 0 saturated carbocycles. The lowest BCUT2D eigenvalue weighted by Crippen LogP contribution is -2.27. The Morgan fingerprint density at radius 1 is 1.12 bits per heavy atom. The van der Waals surface area contributed by atoms with Crippen molar-refractivity contribution in [3.8, 4) is 5.75 Å². The maximum absolute atomic E-state index is 9.78. The third-order valence-electron chi connectivity index (χ3n) is 3.56. The molecule has 1 fully saturated rings. The summed E-state index contributed by atoms with van der Waals surface area (Å²) >= 11 is 0. The lowest BCUT2D eigenvalue weighted by molar-refractivity contribution is 0.287. The first kappa shape index (κ1) is 12.2. The van der Waals surface area contributed by atoms with Crippen LogP contribution in [0, 0.1) is 0 Å². The molecule has 0 radical (unpaired) electrons. The van der Waals surface area contributed by atoms with Crippen molar-refractivity contribution in [3.63, 3.8) is 0 Å². The van der Waals surface area contributed by atoms with Crippen LogP contribution in [-0.2, 0) is 6.42 Å². The Morgan fingerprint density at radius 2 is 1.82 bits per heavy atom. The smallest absolute Gasteiger partial charge is 0.120 e. The molecule has 0 atom stereocenters. The van der Waals surface area contributed by atoms with Crippen molar-refractivity contribution >= 4 is 5.69 Å². The number of phenolic OH excluding ortho intramolecular Hbond substituents is 1. The summed E-state index contributed by atoms with van der Waals surface area (Å²) in [5.41, 5.74) is 7.50. The minimum atomic E-state index is 0.333. The van der Waals surface area contributed by atoms with Gasteiger partial charge in [-0.25, -0.2) is 0 Å². The third kappa shape index (κ3) is 3.37. The van der Waals surface area contributed by atoms with Crippen molar-refractivity contribution in [3.05, 3.63) is 23.8 Å². The van der Waals surface area contributed by atoms with E-state index in [-0.39, 0.29) is 0 Å². The molecule has 1 aliphatic heterocycles. The average molecular weight is 234 g/mol. The van der Waals surface area contributed by atoms with Crippen LogP contribution in [0.1, 0.15) is 31.2 Å². The van der Waals surface area contributed by atoms with Crippen LogP contribution in [0.3, 0.4) is 0 Å². The molecule has 3 heteroatoms. The number of aromatic hydroxyl groups is 1. The summed E-state index contributed by atoms with van der Waals surface area (Å²) < 4.78 is 0. The Morgan fingerprint density at radius 3 is 2.47 bits per heavy atom. The van der Waals surface area contributed by atoms with Crippen molar-refractivity contribution < 1.29 is 5.11 Å². The molecule has 1 saturated heterocycles. The SMILES string of the molecule is Nc1cccc(O)c1CCN1CCCCCC1. The van der Waals surface area contributed by atoms with E-state index in [1.54, 1.807) is 12.1 Å². The van der Waals surface area contributed by atoms with Crippen molar-refractivity contribution in [2.24, 2.45) is 0 Å². The number of anilines is 1. The zero-order chi connectivity index (χ0) is 12.1. The Labute approximate surface area is 103 Å². The van der Waals surface area contributed by atoms with Crippen LogP contribution in [0.25, 0.3) is 0 Å². The van der Waals surface area contributed by atoms with Crippen LogP contribution in [0.2, 0.25) is 0 Å². The van der Waals surface area contributed by atoms with Crippen molar-refractivity contribution in [2.75, 3.05) is 25.4 Å². The highest BCUT2D eigenvalue weighted by Crippen LogP contribution is 2.23. The van der Waals surface area contributed by atoms with E-state index in [9.17, 15) is 5.11 Å². The first-order chi connectivity index (χ1) is 8.27. The fraction of sp³-hybridized carbons (Fsp3) is 0.571. The van der Waals surface area contributed by atoms with E-state index < -0.39 is 0 Å². The topological polar surface area (TPSA) is 49.5 Å². The van der Waals surface area contributed by atoms with Gasteiger partial charge < -0.3 is 15.7 Å². The van der Waals surface area contributed by atoms with Gasteiger partial charge in [0.05, 0.1) is 0 Å². The fourth-order valence-corrected chi connectivity index (χ4v) is 2.49. The molecule has 1 aromatic rings. The molecule has 0 aromatic heterocycles. The normalized spacial score (nSPS) is 17.9. The number of hydrogen-bond donors (Lipinski definition) is 2. The third-order valence-corrected chi connectivity index (χ3v) is 3.56. The van der Waals surface area contributed by atoms with E-state index in [2.05, 4.69) is 4.90 Å². The number of likely N-dealkylation sites (tertiary alicyclic amines) is 1. The molecule has 0 spiro atoms. The molecule has 3 nitrogen and oxygen atoms in total. The molecular weight excluding hydrogens is 212 g/mol. The van der Waals surface area contributed by atoms with Crippen LogP contribution in [0.15, 0.2) is 18.2 Å². The van der Waals surface area contributed by atoms with E-state index in [0.29, 0.717) is 11.4 Å². The summed E-state index contributed by atoms with van der Waals surface area (Å²) in [6.45, 7) is 3.38. The summed E-state index contributed by atoms with van der Waals surface area (Å²) in [6.07, 6.45) is 6.16. The highest BCUT2D eigenvalue weighted by atomic mass is 16.3. The van der Waals surface area contributed by atoms with Crippen molar-refractivity contribution in [2.45, 2.75) is 32.1 Å². The maximum atomic E-state index is 9.78. The quantitative estimate of drug-likeness (QED) is 0.790. The van der Waals surface area contributed by atoms with E-state index in [0.717, 1.165) is 18.5 Å². The van der Waals surface area contributed by atoms with Crippen LogP contribution < -0.4 is 5.73 Å². The standard InChI is InChI=1S/C14H22N2O/c15-13-6-5-7-14(17)12(13)8-11-16-9-3-1-2-4-10-16/h5-7,17H,1-4,8-11,15H2. The largest absolute Gasteiger partial charge is 0.508 e. The van der Waals surface area contributed by atoms with Gasteiger partial charge >= 0.3 is 0 Å². The van der Waals surface area contributed by atoms with Gasteiger partial charge in [-0.05, 0) is 44.5 Å². The number of rotatable bonds is 3. The van der Waals surface area contributed by atoms with Gasteiger partial charge in [-0.1, -0.05) is 18.9 Å². The number of nitrogens with two attached hydrogens (primary N) is 1. The second-order valence-electron chi connectivity index (χ2n) is 4.85. The molecule has 2 rings (SSSR count). The second-order valence-corrected chi connectivity index (χ2v) is 4.85. The predicted molar refractivity (Wildman–Crippen MR) is 71.1 cm³/mol. The van der Waals surface area contributed by atoms with Gasteiger partial charge in [0.1, 0.15) is 5.75 Å². The molecule has 94 valence electrons. The molecule has 1 heterocycles. The number of benzene rings is 1. The van der Waals surface area contributed by atoms with E-state index in [1.165, 1.54) is 38.8 Å². The molecule has 0 amide bonds. The van der Waals surface area contributed by atoms with Crippen molar-refractivity contribution in [1.82, 2.24) is 4.90 Å². The van der Waals surface area contributed by atoms with Crippen LogP contribution in [0.5, 0.6) is 5.75 Å². The van der Waals surface area contributed by atoms with Gasteiger partial charge in [-0.15, -0.1) is 0 Å². The van der Waals surface area contributed by atoms with E-state index in [1.807, 2.05) is 6.07 Å². The summed E-state index contributed by atoms with van der Waals surface area (Å²) in [6, 6.07) is 5.37. The number of phenols is 1. The van der Waals surface area contributed by atoms with Gasteiger partial charge in [-0.3, -0.25) is 0 Å². The molecular formula is C14H22N2O. The number of nitrogen functional groups attached to an aromatic ring is 1. The summed E-state index contributed by atoms with van der Waals surface area (Å²) in [7, 11) is 0. The first-order valence-electron chi connectivity index (χ1n) is 6.56. The van der Waals surface area contributed by atoms with Gasteiger partial charge in [0, 0.05) is 17.8 Å². The lowest BCUT2D eigenvalue weighted by Gasteiger charge is -2.20. The first-order valence-corrected chi connectivity index (χ1v) is 6.56. The molecule has 1 aliphatic rings. The zero-order valence-electron chi connectivity index (χ0n) is 10.4. The van der Waals surface area contributed by atoms with E-state index in [4.69, 9.17) is 5.73 Å². The average Bonchev–Trinajstić information content (AvgIpc) is 2.57. The lowest BCUT2D eigenvalue weighted by atomic mass is 10.1. The monoisotopic (exact) mass is 234 g/mol. The molecule has 17 heavy (non-hydrogen) atoms. The van der Waals surface area contributed by atoms with Crippen LogP contribution in [0.4, 0.5) is 5.69 Å². The van der Waals surface area contributed by atoms with Gasteiger partial charge in [-0.2, -0.15) is 0 Å². The molecule has 0 bridgehead atoms. The number of nitrogens with zero attached hydrogens (tertiary/aromatic N) is 1. The van der Waals surface area contributed by atoms with Crippen molar-refractivity contribution in [1.29, 1.82) is 0 Å². The Bertz CT molecular complexity index is 337. The molecule has 0 aliphatic carbocycles. The van der Waals surface area contributed by atoms with Gasteiger partial charge in [0.25, 0.3) is 0 Å². The minimum absolute atomic E-state index is 0.333. The highest BCUT2D eigenvalue weighted by molar-refractivity contribution is 5.53. The van der Waals surface area contributed by atoms with Crippen LogP contribution in [-0.4, -0.2) is 29.6 Å². The summed E-state index contributed by atoms with van der Waals surface area (Å²) in [5, 5.41) is 9.78. The maximum Gasteiger partial charge on any atom is 0.120 e. The number of hydrogen-bond acceptors (Lipinski definition) is 3. The Balaban J connectivity index is 1.92. The van der Waals surface area contributed by atoms with Gasteiger partial charge in [0.2, 0.25) is 0 Å². The van der Waals surface area contributed by atoms with Crippen LogP contribution >= 0.6 is 0 Å². The van der Waals surface area contributed by atoms with E-state index >= 15 is 0 Å². The predicted octanol–water partition coefficient (Wildman–Crippen LogP) is 2.39. The second kappa shape index (κ2) is 5.92. The summed E-state index contributed by atoms with van der Waals surface area (Å²) in [4.78, 5) is 2.48. The Hall–Kier alpha value is -1.22. The fourth-order valence-electron chi connectivity index (χ4n) is 2.49. The highest BCUT2D eigenvalue weighted by Gasteiger charge is 2.11. The summed E-state index contributed by atoms with van der Waals surface area (Å²) in [5.74, 6) is 0.333. The zero-order valence-corrected chi connectivity index (χ0v) is 10.4. The molecule has 1 aromatic carbocycles. The minimum Gasteiger partial charge on any atom is -0.508 e. The van der Waals surface area contributed by atoms with Gasteiger partial charge in [0.15, 0.2) is 0 Å². The Kier molecular flexibility index (Phi) is 4.26. The molecule has 3 N–H and O–H groups in total. The molecule has 0 unspecified atom stereocenters.